The summed E-state index contributed by atoms with van der Waals surface area (Å²) in [7, 11) is -3.68. The molecule has 0 bridgehead atoms. The van der Waals surface area contributed by atoms with Crippen molar-refractivity contribution >= 4 is 32.8 Å². The molecule has 1 fully saturated rings. The lowest BCUT2D eigenvalue weighted by atomic mass is 10.2. The maximum Gasteiger partial charge on any atom is 0.245 e. The summed E-state index contributed by atoms with van der Waals surface area (Å²) in [4.78, 5) is 19.5. The van der Waals surface area contributed by atoms with Crippen molar-refractivity contribution in [3.63, 3.8) is 0 Å². The number of piperazine rings is 1. The van der Waals surface area contributed by atoms with E-state index < -0.39 is 9.84 Å². The van der Waals surface area contributed by atoms with Crippen molar-refractivity contribution in [2.75, 3.05) is 42.5 Å². The van der Waals surface area contributed by atoms with Gasteiger partial charge in [-0.3, -0.25) is 14.6 Å². The molecule has 2 aliphatic rings. The van der Waals surface area contributed by atoms with Gasteiger partial charge in [0.05, 0.1) is 27.7 Å². The Hall–Kier alpha value is -3.23. The number of carbonyl (C=O) groups is 1. The molecule has 0 radical (unpaired) electrons. The van der Waals surface area contributed by atoms with Gasteiger partial charge in [0.15, 0.2) is 0 Å². The smallest absolute Gasteiger partial charge is 0.245 e. The Labute approximate surface area is 186 Å². The van der Waals surface area contributed by atoms with E-state index in [2.05, 4.69) is 9.80 Å². The van der Waals surface area contributed by atoms with Crippen molar-refractivity contribution in [3.05, 3.63) is 78.6 Å². The third-order valence-corrected chi connectivity index (χ3v) is 7.81. The average molecular weight is 452 g/mol. The summed E-state index contributed by atoms with van der Waals surface area (Å²) in [5.74, 6) is -0.433. The van der Waals surface area contributed by atoms with Gasteiger partial charge >= 0.3 is 0 Å². The van der Waals surface area contributed by atoms with Gasteiger partial charge in [-0.05, 0) is 48.5 Å². The first-order chi connectivity index (χ1) is 15.4. The lowest BCUT2D eigenvalue weighted by Gasteiger charge is -2.37. The van der Waals surface area contributed by atoms with Crippen molar-refractivity contribution in [1.82, 2.24) is 4.90 Å². The molecule has 32 heavy (non-hydrogen) atoms. The molecule has 1 amide bonds. The molecule has 5 rings (SSSR count). The van der Waals surface area contributed by atoms with Crippen LogP contribution in [0.3, 0.4) is 0 Å². The van der Waals surface area contributed by atoms with Gasteiger partial charge in [-0.2, -0.15) is 0 Å². The van der Waals surface area contributed by atoms with Crippen molar-refractivity contribution < 1.29 is 17.6 Å². The Morgan fingerprint density at radius 3 is 1.88 bits per heavy atom. The largest absolute Gasteiger partial charge is 0.369 e. The molecule has 1 saturated heterocycles. The predicted molar refractivity (Wildman–Crippen MR) is 121 cm³/mol. The molecule has 0 atom stereocenters. The fourth-order valence-corrected chi connectivity index (χ4v) is 5.95. The van der Waals surface area contributed by atoms with Crippen LogP contribution in [0.25, 0.3) is 0 Å². The van der Waals surface area contributed by atoms with E-state index in [0.717, 1.165) is 18.8 Å². The number of hydrogen-bond acceptors (Lipinski definition) is 5. The van der Waals surface area contributed by atoms with Crippen molar-refractivity contribution in [1.29, 1.82) is 0 Å². The standard InChI is InChI=1S/C24H22FN3O3S/c25-18-9-11-19(12-10-18)27-15-13-26(14-16-27)17-24(29)28-20-5-1-3-7-22(20)32(30,31)23-8-4-2-6-21(23)28/h1-12H,13-17H2. The number of halogens is 1. The minimum atomic E-state index is -3.68. The Balaban J connectivity index is 1.36. The number of sulfone groups is 1. The van der Waals surface area contributed by atoms with Gasteiger partial charge in [-0.15, -0.1) is 0 Å². The maximum atomic E-state index is 13.4. The molecule has 2 heterocycles. The lowest BCUT2D eigenvalue weighted by Crippen LogP contribution is -2.50. The average Bonchev–Trinajstić information content (AvgIpc) is 2.80. The van der Waals surface area contributed by atoms with E-state index in [0.29, 0.717) is 24.5 Å². The summed E-state index contributed by atoms with van der Waals surface area (Å²) in [6.07, 6.45) is 0. The molecule has 0 spiro atoms. The van der Waals surface area contributed by atoms with Crippen LogP contribution in [0.15, 0.2) is 82.6 Å². The van der Waals surface area contributed by atoms with E-state index in [-0.39, 0.29) is 28.1 Å². The normalized spacial score (nSPS) is 17.5. The third kappa shape index (κ3) is 3.55. The number of fused-ring (bicyclic) bond motifs is 2. The fourth-order valence-electron chi connectivity index (χ4n) is 4.33. The molecule has 0 unspecified atom stereocenters. The molecule has 8 heteroatoms. The van der Waals surface area contributed by atoms with Crippen LogP contribution < -0.4 is 9.80 Å². The lowest BCUT2D eigenvalue weighted by molar-refractivity contribution is -0.119. The summed E-state index contributed by atoms with van der Waals surface area (Å²) in [6, 6.07) is 19.7. The number of hydrogen-bond donors (Lipinski definition) is 0. The number of anilines is 3. The number of benzene rings is 3. The Morgan fingerprint density at radius 1 is 0.781 bits per heavy atom. The van der Waals surface area contributed by atoms with Crippen LogP contribution in [0, 0.1) is 5.82 Å². The van der Waals surface area contributed by atoms with E-state index in [1.165, 1.54) is 17.0 Å². The van der Waals surface area contributed by atoms with Gasteiger partial charge in [0, 0.05) is 31.9 Å². The Morgan fingerprint density at radius 2 is 1.31 bits per heavy atom. The fraction of sp³-hybridized carbons (Fsp3) is 0.208. The highest BCUT2D eigenvalue weighted by Crippen LogP contribution is 2.43. The van der Waals surface area contributed by atoms with Crippen LogP contribution in [0.4, 0.5) is 21.5 Å². The first-order valence-corrected chi connectivity index (χ1v) is 11.9. The van der Waals surface area contributed by atoms with E-state index in [1.807, 2.05) is 0 Å². The zero-order valence-corrected chi connectivity index (χ0v) is 18.1. The van der Waals surface area contributed by atoms with Crippen LogP contribution in [0.1, 0.15) is 0 Å². The van der Waals surface area contributed by atoms with Crippen molar-refractivity contribution in [2.24, 2.45) is 0 Å². The Kier molecular flexibility index (Phi) is 5.19. The van der Waals surface area contributed by atoms with E-state index in [4.69, 9.17) is 0 Å². The minimum Gasteiger partial charge on any atom is -0.369 e. The van der Waals surface area contributed by atoms with Gasteiger partial charge in [0.2, 0.25) is 15.7 Å². The highest BCUT2D eigenvalue weighted by atomic mass is 32.2. The number of amides is 1. The SMILES string of the molecule is O=C(CN1CCN(c2ccc(F)cc2)CC1)N1c2ccccc2S(=O)(=O)c2ccccc21. The second-order valence-electron chi connectivity index (χ2n) is 7.91. The van der Waals surface area contributed by atoms with E-state index in [1.54, 1.807) is 60.7 Å². The second-order valence-corrected chi connectivity index (χ2v) is 9.79. The third-order valence-electron chi connectivity index (χ3n) is 5.96. The number of nitrogens with zero attached hydrogens (tertiary/aromatic N) is 3. The molecular weight excluding hydrogens is 429 g/mol. The van der Waals surface area contributed by atoms with Crippen LogP contribution >= 0.6 is 0 Å². The number of rotatable bonds is 3. The summed E-state index contributed by atoms with van der Waals surface area (Å²) >= 11 is 0. The molecule has 2 aliphatic heterocycles. The molecule has 164 valence electrons. The van der Waals surface area contributed by atoms with Crippen molar-refractivity contribution in [2.45, 2.75) is 9.79 Å². The second kappa shape index (κ2) is 8.03. The molecular formula is C24H22FN3O3S. The summed E-state index contributed by atoms with van der Waals surface area (Å²) in [6.45, 7) is 2.98. The first kappa shape index (κ1) is 20.7. The topological polar surface area (TPSA) is 60.9 Å². The van der Waals surface area contributed by atoms with Gasteiger partial charge < -0.3 is 4.90 Å². The molecule has 0 aliphatic carbocycles. The summed E-state index contributed by atoms with van der Waals surface area (Å²) < 4.78 is 39.3. The van der Waals surface area contributed by atoms with Crippen LogP contribution in [0.5, 0.6) is 0 Å². The number of para-hydroxylation sites is 2. The molecule has 0 aromatic heterocycles. The van der Waals surface area contributed by atoms with Gasteiger partial charge in [-0.1, -0.05) is 24.3 Å². The predicted octanol–water partition coefficient (Wildman–Crippen LogP) is 3.46. The molecule has 3 aromatic carbocycles. The van der Waals surface area contributed by atoms with Crippen LogP contribution in [-0.2, 0) is 14.6 Å². The Bertz CT molecular complexity index is 1220. The zero-order valence-electron chi connectivity index (χ0n) is 17.3. The van der Waals surface area contributed by atoms with Crippen LogP contribution in [0.2, 0.25) is 0 Å². The summed E-state index contributed by atoms with van der Waals surface area (Å²) in [5, 5.41) is 0. The summed E-state index contributed by atoms with van der Waals surface area (Å²) in [5.41, 5.74) is 1.74. The minimum absolute atomic E-state index is 0.146. The molecule has 3 aromatic rings. The van der Waals surface area contributed by atoms with Crippen LogP contribution in [-0.4, -0.2) is 51.9 Å². The number of carbonyl (C=O) groups excluding carboxylic acids is 1. The van der Waals surface area contributed by atoms with Gasteiger partial charge in [0.25, 0.3) is 0 Å². The maximum absolute atomic E-state index is 13.4. The molecule has 0 saturated carbocycles. The molecule has 6 nitrogen and oxygen atoms in total. The van der Waals surface area contributed by atoms with E-state index >= 15 is 0 Å². The van der Waals surface area contributed by atoms with Gasteiger partial charge in [-0.25, -0.2) is 12.8 Å². The highest BCUT2D eigenvalue weighted by molar-refractivity contribution is 7.92. The molecule has 0 N–H and O–H groups in total. The quantitative estimate of drug-likeness (QED) is 0.611. The van der Waals surface area contributed by atoms with E-state index in [9.17, 15) is 17.6 Å². The first-order valence-electron chi connectivity index (χ1n) is 10.4. The zero-order chi connectivity index (χ0) is 22.3. The monoisotopic (exact) mass is 451 g/mol. The highest BCUT2D eigenvalue weighted by Gasteiger charge is 2.37. The van der Waals surface area contributed by atoms with Crippen molar-refractivity contribution in [3.8, 4) is 0 Å². The van der Waals surface area contributed by atoms with Gasteiger partial charge in [0.1, 0.15) is 5.82 Å².